The van der Waals surface area contributed by atoms with E-state index in [4.69, 9.17) is 4.42 Å². The van der Waals surface area contributed by atoms with E-state index in [1.54, 1.807) is 6.26 Å². The zero-order valence-corrected chi connectivity index (χ0v) is 13.8. The Balaban J connectivity index is 1.53. The van der Waals surface area contributed by atoms with Crippen molar-refractivity contribution in [2.75, 3.05) is 31.1 Å². The number of amides is 1. The summed E-state index contributed by atoms with van der Waals surface area (Å²) in [6.45, 7) is 7.65. The van der Waals surface area contributed by atoms with E-state index in [2.05, 4.69) is 41.9 Å². The average molecular weight is 313 g/mol. The zero-order chi connectivity index (χ0) is 16.2. The summed E-state index contributed by atoms with van der Waals surface area (Å²) < 4.78 is 4.93. The molecule has 0 saturated carbocycles. The van der Waals surface area contributed by atoms with E-state index >= 15 is 0 Å². The monoisotopic (exact) mass is 313 g/mol. The first-order valence-electron chi connectivity index (χ1n) is 8.11. The summed E-state index contributed by atoms with van der Waals surface area (Å²) in [6.07, 6.45) is 4.15. The minimum Gasteiger partial charge on any atom is -0.451 e. The smallest absolute Gasteiger partial charge is 0.223 e. The van der Waals surface area contributed by atoms with E-state index < -0.39 is 0 Å². The molecule has 1 aromatic heterocycles. The fourth-order valence-corrected chi connectivity index (χ4v) is 3.03. The Morgan fingerprint density at radius 1 is 1.22 bits per heavy atom. The van der Waals surface area contributed by atoms with Crippen molar-refractivity contribution in [3.05, 3.63) is 47.7 Å². The molecule has 2 heterocycles. The van der Waals surface area contributed by atoms with Gasteiger partial charge in [-0.05, 0) is 31.0 Å². The highest BCUT2D eigenvalue weighted by atomic mass is 16.3. The molecule has 3 rings (SSSR count). The van der Waals surface area contributed by atoms with E-state index in [-0.39, 0.29) is 5.91 Å². The first-order chi connectivity index (χ1) is 11.1. The molecular weight excluding hydrogens is 290 g/mol. The third-order valence-electron chi connectivity index (χ3n) is 4.63. The maximum atomic E-state index is 12.3. The Morgan fingerprint density at radius 3 is 2.70 bits per heavy atom. The number of carbonyl (C=O) groups is 1. The van der Waals surface area contributed by atoms with Crippen molar-refractivity contribution in [1.82, 2.24) is 9.88 Å². The molecule has 2 aromatic rings. The maximum Gasteiger partial charge on any atom is 0.223 e. The fourth-order valence-electron chi connectivity index (χ4n) is 3.03. The predicted octanol–water partition coefficient (Wildman–Crippen LogP) is 2.57. The van der Waals surface area contributed by atoms with Crippen molar-refractivity contribution in [2.45, 2.75) is 26.7 Å². The molecule has 5 nitrogen and oxygen atoms in total. The molecule has 1 aliphatic rings. The summed E-state index contributed by atoms with van der Waals surface area (Å²) in [5.74, 6) is 0.202. The standard InChI is InChI=1S/C18H23N3O2/c1-14-4-3-5-17(15(14)2)20-8-10-21(11-9-20)18(22)7-6-16-12-23-13-19-16/h3-5,12-13H,6-11H2,1-2H3. The van der Waals surface area contributed by atoms with Crippen LogP contribution in [0.25, 0.3) is 0 Å². The molecule has 0 bridgehead atoms. The van der Waals surface area contributed by atoms with Gasteiger partial charge in [0, 0.05) is 44.7 Å². The van der Waals surface area contributed by atoms with Crippen molar-refractivity contribution in [2.24, 2.45) is 0 Å². The van der Waals surface area contributed by atoms with Gasteiger partial charge >= 0.3 is 0 Å². The minimum atomic E-state index is 0.202. The second kappa shape index (κ2) is 6.86. The van der Waals surface area contributed by atoms with Crippen LogP contribution < -0.4 is 4.90 Å². The van der Waals surface area contributed by atoms with Gasteiger partial charge in [0.2, 0.25) is 5.91 Å². The van der Waals surface area contributed by atoms with Gasteiger partial charge in [-0.25, -0.2) is 4.98 Å². The quantitative estimate of drug-likeness (QED) is 0.870. The van der Waals surface area contributed by atoms with Crippen LogP contribution >= 0.6 is 0 Å². The van der Waals surface area contributed by atoms with Crippen LogP contribution in [0.2, 0.25) is 0 Å². The first kappa shape index (κ1) is 15.6. The number of hydrogen-bond acceptors (Lipinski definition) is 4. The van der Waals surface area contributed by atoms with Crippen molar-refractivity contribution in [1.29, 1.82) is 0 Å². The normalized spacial score (nSPS) is 15.0. The SMILES string of the molecule is Cc1cccc(N2CCN(C(=O)CCc3cocn3)CC2)c1C. The summed E-state index contributed by atoms with van der Waals surface area (Å²) >= 11 is 0. The number of rotatable bonds is 4. The molecule has 1 saturated heterocycles. The molecule has 23 heavy (non-hydrogen) atoms. The van der Waals surface area contributed by atoms with Crippen LogP contribution in [0.1, 0.15) is 23.2 Å². The average Bonchev–Trinajstić information content (AvgIpc) is 3.09. The van der Waals surface area contributed by atoms with Crippen molar-refractivity contribution < 1.29 is 9.21 Å². The van der Waals surface area contributed by atoms with E-state index in [9.17, 15) is 4.79 Å². The van der Waals surface area contributed by atoms with Gasteiger partial charge in [0.05, 0.1) is 5.69 Å². The van der Waals surface area contributed by atoms with Crippen molar-refractivity contribution >= 4 is 11.6 Å². The van der Waals surface area contributed by atoms with Gasteiger partial charge in [0.1, 0.15) is 6.26 Å². The zero-order valence-electron chi connectivity index (χ0n) is 13.8. The number of piperazine rings is 1. The molecule has 1 fully saturated rings. The first-order valence-corrected chi connectivity index (χ1v) is 8.11. The Bertz CT molecular complexity index is 659. The van der Waals surface area contributed by atoms with Gasteiger partial charge in [0.25, 0.3) is 0 Å². The third kappa shape index (κ3) is 3.55. The Labute approximate surface area is 136 Å². The highest BCUT2D eigenvalue weighted by Crippen LogP contribution is 2.24. The lowest BCUT2D eigenvalue weighted by atomic mass is 10.1. The van der Waals surface area contributed by atoms with Crippen LogP contribution in [0.5, 0.6) is 0 Å². The number of hydrogen-bond donors (Lipinski definition) is 0. The van der Waals surface area contributed by atoms with Crippen LogP contribution in [-0.2, 0) is 11.2 Å². The van der Waals surface area contributed by atoms with Gasteiger partial charge in [-0.1, -0.05) is 12.1 Å². The molecule has 0 N–H and O–H groups in total. The van der Waals surface area contributed by atoms with Crippen LogP contribution in [-0.4, -0.2) is 42.0 Å². The topological polar surface area (TPSA) is 49.6 Å². The van der Waals surface area contributed by atoms with Gasteiger partial charge in [-0.3, -0.25) is 4.79 Å². The molecule has 122 valence electrons. The van der Waals surface area contributed by atoms with Crippen LogP contribution in [0.4, 0.5) is 5.69 Å². The van der Waals surface area contributed by atoms with E-state index in [0.717, 1.165) is 31.9 Å². The number of carbonyl (C=O) groups excluding carboxylic acids is 1. The Hall–Kier alpha value is -2.30. The van der Waals surface area contributed by atoms with Crippen molar-refractivity contribution in [3.8, 4) is 0 Å². The number of aromatic nitrogens is 1. The van der Waals surface area contributed by atoms with Crippen LogP contribution in [0, 0.1) is 13.8 Å². The highest BCUT2D eigenvalue weighted by Gasteiger charge is 2.22. The number of anilines is 1. The summed E-state index contributed by atoms with van der Waals surface area (Å²) in [5, 5.41) is 0. The van der Waals surface area contributed by atoms with Crippen LogP contribution in [0.15, 0.2) is 35.3 Å². The number of aryl methyl sites for hydroxylation is 2. The summed E-state index contributed by atoms with van der Waals surface area (Å²) in [6, 6.07) is 6.42. The molecule has 0 spiro atoms. The summed E-state index contributed by atoms with van der Waals surface area (Å²) in [5.41, 5.74) is 4.78. The van der Waals surface area contributed by atoms with Gasteiger partial charge in [-0.2, -0.15) is 0 Å². The Morgan fingerprint density at radius 2 is 2.00 bits per heavy atom. The molecular formula is C18H23N3O2. The summed E-state index contributed by atoms with van der Waals surface area (Å²) in [7, 11) is 0. The van der Waals surface area contributed by atoms with E-state index in [1.807, 2.05) is 4.90 Å². The number of benzene rings is 1. The molecule has 0 radical (unpaired) electrons. The molecule has 5 heteroatoms. The number of nitrogens with zero attached hydrogens (tertiary/aromatic N) is 3. The number of oxazole rings is 1. The van der Waals surface area contributed by atoms with E-state index in [0.29, 0.717) is 12.8 Å². The highest BCUT2D eigenvalue weighted by molar-refractivity contribution is 5.76. The molecule has 1 amide bonds. The van der Waals surface area contributed by atoms with Crippen molar-refractivity contribution in [3.63, 3.8) is 0 Å². The van der Waals surface area contributed by atoms with Gasteiger partial charge in [0.15, 0.2) is 6.39 Å². The molecule has 1 aliphatic heterocycles. The lowest BCUT2D eigenvalue weighted by Crippen LogP contribution is -2.49. The molecule has 0 aliphatic carbocycles. The molecule has 0 atom stereocenters. The second-order valence-electron chi connectivity index (χ2n) is 6.07. The third-order valence-corrected chi connectivity index (χ3v) is 4.63. The molecule has 0 unspecified atom stereocenters. The lowest BCUT2D eigenvalue weighted by molar-refractivity contribution is -0.131. The lowest BCUT2D eigenvalue weighted by Gasteiger charge is -2.37. The second-order valence-corrected chi connectivity index (χ2v) is 6.07. The van der Waals surface area contributed by atoms with E-state index in [1.165, 1.54) is 23.2 Å². The minimum absolute atomic E-state index is 0.202. The predicted molar refractivity (Wildman–Crippen MR) is 89.5 cm³/mol. The Kier molecular flexibility index (Phi) is 4.65. The van der Waals surface area contributed by atoms with Gasteiger partial charge in [-0.15, -0.1) is 0 Å². The van der Waals surface area contributed by atoms with Gasteiger partial charge < -0.3 is 14.2 Å². The summed E-state index contributed by atoms with van der Waals surface area (Å²) in [4.78, 5) is 20.7. The molecule has 1 aromatic carbocycles. The maximum absolute atomic E-state index is 12.3. The fraction of sp³-hybridized carbons (Fsp3) is 0.444. The largest absolute Gasteiger partial charge is 0.451 e. The van der Waals surface area contributed by atoms with Crippen LogP contribution in [0.3, 0.4) is 0 Å².